The molecule has 0 aromatic heterocycles. The molecule has 3 atom stereocenters. The van der Waals surface area contributed by atoms with E-state index in [1.807, 2.05) is 12.2 Å². The van der Waals surface area contributed by atoms with E-state index in [1.54, 1.807) is 6.08 Å². The summed E-state index contributed by atoms with van der Waals surface area (Å²) >= 11 is 0. The first-order chi connectivity index (χ1) is 5.79. The number of allylic oxidation sites excluding steroid dienone is 2. The maximum absolute atomic E-state index is 11.3. The van der Waals surface area contributed by atoms with Crippen LogP contribution in [0.2, 0.25) is 0 Å². The Morgan fingerprint density at radius 2 is 2.17 bits per heavy atom. The van der Waals surface area contributed by atoms with E-state index in [1.165, 1.54) is 0 Å². The van der Waals surface area contributed by atoms with Gasteiger partial charge in [-0.3, -0.25) is 0 Å². The Morgan fingerprint density at radius 3 is 2.92 bits per heavy atom. The molecule has 1 saturated heterocycles. The van der Waals surface area contributed by atoms with E-state index in [2.05, 4.69) is 0 Å². The van der Waals surface area contributed by atoms with Gasteiger partial charge in [0.1, 0.15) is 13.1 Å². The van der Waals surface area contributed by atoms with Gasteiger partial charge < -0.3 is 20.5 Å². The molecule has 0 radical (unpaired) electrons. The van der Waals surface area contributed by atoms with Crippen molar-refractivity contribution in [1.82, 2.24) is 0 Å². The van der Waals surface area contributed by atoms with Gasteiger partial charge in [-0.05, 0) is 0 Å². The minimum atomic E-state index is -0.115. The van der Waals surface area contributed by atoms with Crippen molar-refractivity contribution in [2.45, 2.75) is 12.5 Å². The highest BCUT2D eigenvalue weighted by molar-refractivity contribution is 5.17. The molecule has 66 valence electrons. The maximum atomic E-state index is 11.3. The number of hydroxylamine groups is 4. The predicted octanol–water partition coefficient (Wildman–Crippen LogP) is -2.02. The average molecular weight is 168 g/mol. The van der Waals surface area contributed by atoms with Crippen LogP contribution in [0.4, 0.5) is 0 Å². The first-order valence-electron chi connectivity index (χ1n) is 4.21. The number of rotatable bonds is 0. The van der Waals surface area contributed by atoms with Gasteiger partial charge in [0.25, 0.3) is 0 Å². The maximum Gasteiger partial charge on any atom is 0.166 e. The monoisotopic (exact) mass is 168 g/mol. The van der Waals surface area contributed by atoms with Gasteiger partial charge in [0.2, 0.25) is 0 Å². The van der Waals surface area contributed by atoms with Gasteiger partial charge in [0, 0.05) is 12.5 Å². The van der Waals surface area contributed by atoms with Gasteiger partial charge in [-0.15, -0.1) is 0 Å². The quantitative estimate of drug-likeness (QED) is 0.410. The molecular weight excluding hydrogens is 156 g/mol. The molecule has 0 bridgehead atoms. The largest absolute Gasteiger partial charge is 0.634 e. The van der Waals surface area contributed by atoms with Gasteiger partial charge in [-0.2, -0.15) is 0 Å². The van der Waals surface area contributed by atoms with Crippen LogP contribution >= 0.6 is 0 Å². The molecule has 3 unspecified atom stereocenters. The van der Waals surface area contributed by atoms with E-state index in [4.69, 9.17) is 0 Å². The predicted molar refractivity (Wildman–Crippen MR) is 44.0 cm³/mol. The Labute approximate surface area is 70.9 Å². The van der Waals surface area contributed by atoms with Crippen molar-refractivity contribution in [2.24, 2.45) is 0 Å². The zero-order valence-electron chi connectivity index (χ0n) is 6.75. The summed E-state index contributed by atoms with van der Waals surface area (Å²) in [5, 5.41) is 23.1. The topological polar surface area (TPSA) is 55.0 Å². The molecule has 0 amide bonds. The molecule has 2 N–H and O–H groups in total. The summed E-state index contributed by atoms with van der Waals surface area (Å²) in [7, 11) is 0. The molecule has 12 heavy (non-hydrogen) atoms. The standard InChI is InChI=1S/C8H12N2O2/c11-9-5-6-10(12)8-4-2-1-3-7(8)9/h1-3,8-10H,4-6H2. The molecule has 4 heteroatoms. The summed E-state index contributed by atoms with van der Waals surface area (Å²) in [5.74, 6) is 0. The lowest BCUT2D eigenvalue weighted by Gasteiger charge is -2.41. The van der Waals surface area contributed by atoms with Crippen molar-refractivity contribution < 1.29 is 10.1 Å². The second-order valence-corrected chi connectivity index (χ2v) is 3.23. The van der Waals surface area contributed by atoms with Crippen molar-refractivity contribution in [3.63, 3.8) is 0 Å². The molecule has 2 rings (SSSR count). The minimum Gasteiger partial charge on any atom is -0.634 e. The molecule has 2 aliphatic rings. The lowest BCUT2D eigenvalue weighted by atomic mass is 10.0. The van der Waals surface area contributed by atoms with E-state index in [9.17, 15) is 10.4 Å². The first-order valence-corrected chi connectivity index (χ1v) is 4.21. The van der Waals surface area contributed by atoms with Gasteiger partial charge in [0.15, 0.2) is 11.7 Å². The third-order valence-electron chi connectivity index (χ3n) is 2.47. The molecule has 0 aromatic rings. The molecule has 1 heterocycles. The molecule has 4 nitrogen and oxygen atoms in total. The fourth-order valence-corrected chi connectivity index (χ4v) is 1.78. The van der Waals surface area contributed by atoms with Gasteiger partial charge in [-0.25, -0.2) is 0 Å². The molecular formula is C8H12N2O2. The third-order valence-corrected chi connectivity index (χ3v) is 2.47. The van der Waals surface area contributed by atoms with E-state index < -0.39 is 0 Å². The van der Waals surface area contributed by atoms with Crippen LogP contribution in [0.1, 0.15) is 6.42 Å². The number of piperazine rings is 1. The number of fused-ring (bicyclic) bond motifs is 1. The molecule has 1 aliphatic carbocycles. The fraction of sp³-hybridized carbons (Fsp3) is 0.500. The van der Waals surface area contributed by atoms with Crippen molar-refractivity contribution >= 4 is 0 Å². The smallest absolute Gasteiger partial charge is 0.166 e. The Balaban J connectivity index is 2.23. The van der Waals surface area contributed by atoms with Crippen molar-refractivity contribution in [2.75, 3.05) is 13.1 Å². The van der Waals surface area contributed by atoms with E-state index in [0.717, 1.165) is 12.1 Å². The molecule has 1 aliphatic heterocycles. The van der Waals surface area contributed by atoms with E-state index in [-0.39, 0.29) is 16.2 Å². The number of quaternary nitrogens is 2. The SMILES string of the molecule is [O-][NH+]1CC[NH+]([O-])C2CC=CC=C21. The Bertz CT molecular complexity index is 237. The second-order valence-electron chi connectivity index (χ2n) is 3.23. The highest BCUT2D eigenvalue weighted by atomic mass is 16.5. The number of hydrogen-bond acceptors (Lipinski definition) is 2. The second kappa shape index (κ2) is 2.99. The summed E-state index contributed by atoms with van der Waals surface area (Å²) in [5.41, 5.74) is 0.730. The van der Waals surface area contributed by atoms with Crippen LogP contribution in [0.3, 0.4) is 0 Å². The van der Waals surface area contributed by atoms with Crippen LogP contribution in [0.5, 0.6) is 0 Å². The van der Waals surface area contributed by atoms with E-state index in [0.29, 0.717) is 13.1 Å². The lowest BCUT2D eigenvalue weighted by Crippen LogP contribution is -3.25. The molecule has 1 fully saturated rings. The summed E-state index contributed by atoms with van der Waals surface area (Å²) in [6.45, 7) is 0.851. The number of hydrogen-bond donors (Lipinski definition) is 2. The van der Waals surface area contributed by atoms with Crippen molar-refractivity contribution in [3.05, 3.63) is 34.3 Å². The van der Waals surface area contributed by atoms with E-state index >= 15 is 0 Å². The zero-order chi connectivity index (χ0) is 8.55. The van der Waals surface area contributed by atoms with Crippen LogP contribution in [0.25, 0.3) is 0 Å². The van der Waals surface area contributed by atoms with Crippen LogP contribution in [0.15, 0.2) is 23.9 Å². The minimum absolute atomic E-state index is 0.115. The Kier molecular flexibility index (Phi) is 1.98. The normalized spacial score (nSPS) is 40.5. The van der Waals surface area contributed by atoms with Gasteiger partial charge >= 0.3 is 0 Å². The Hall–Kier alpha value is -0.680. The Morgan fingerprint density at radius 1 is 1.33 bits per heavy atom. The summed E-state index contributed by atoms with van der Waals surface area (Å²) in [4.78, 5) is 0. The number of nitrogens with one attached hydrogen (secondary N) is 2. The highest BCUT2D eigenvalue weighted by Gasteiger charge is 2.31. The van der Waals surface area contributed by atoms with Crippen LogP contribution in [0, 0.1) is 10.4 Å². The van der Waals surface area contributed by atoms with Gasteiger partial charge in [-0.1, -0.05) is 12.2 Å². The van der Waals surface area contributed by atoms with Crippen LogP contribution < -0.4 is 10.1 Å². The van der Waals surface area contributed by atoms with Crippen LogP contribution in [-0.4, -0.2) is 19.1 Å². The third kappa shape index (κ3) is 1.19. The summed E-state index contributed by atoms with van der Waals surface area (Å²) < 4.78 is 0. The molecule has 0 aromatic carbocycles. The zero-order valence-corrected chi connectivity index (χ0v) is 6.75. The van der Waals surface area contributed by atoms with Crippen LogP contribution in [-0.2, 0) is 0 Å². The average Bonchev–Trinajstić information content (AvgIpc) is 2.12. The first kappa shape index (κ1) is 7.94. The molecule has 0 spiro atoms. The molecule has 0 saturated carbocycles. The summed E-state index contributed by atoms with van der Waals surface area (Å²) in [6, 6.07) is -0.115. The fourth-order valence-electron chi connectivity index (χ4n) is 1.78. The van der Waals surface area contributed by atoms with Gasteiger partial charge in [0.05, 0.1) is 0 Å². The van der Waals surface area contributed by atoms with Crippen molar-refractivity contribution in [1.29, 1.82) is 0 Å². The van der Waals surface area contributed by atoms with Crippen molar-refractivity contribution in [3.8, 4) is 0 Å². The summed E-state index contributed by atoms with van der Waals surface area (Å²) in [6.07, 6.45) is 6.32. The lowest BCUT2D eigenvalue weighted by molar-refractivity contribution is -0.958. The highest BCUT2D eigenvalue weighted by Crippen LogP contribution is 2.05.